The zero-order valence-electron chi connectivity index (χ0n) is 11.3. The summed E-state index contributed by atoms with van der Waals surface area (Å²) in [6, 6.07) is 2.79. The first-order chi connectivity index (χ1) is 8.20. The third-order valence-corrected chi connectivity index (χ3v) is 2.58. The van der Waals surface area contributed by atoms with E-state index in [0.717, 1.165) is 6.42 Å². The number of hydrogen-bond donors (Lipinski definition) is 1. The number of halogens is 1. The molecule has 0 atom stereocenters. The highest BCUT2D eigenvalue weighted by atomic mass is 19.1. The molecule has 0 saturated carbocycles. The Bertz CT molecular complexity index is 450. The van der Waals surface area contributed by atoms with E-state index in [2.05, 4.69) is 0 Å². The van der Waals surface area contributed by atoms with Crippen molar-refractivity contribution in [3.05, 3.63) is 29.1 Å². The second kappa shape index (κ2) is 5.38. The highest BCUT2D eigenvalue weighted by molar-refractivity contribution is 5.91. The van der Waals surface area contributed by atoms with Gasteiger partial charge in [-0.15, -0.1) is 0 Å². The smallest absolute Gasteiger partial charge is 0.341 e. The lowest BCUT2D eigenvalue weighted by Gasteiger charge is -2.17. The molecule has 0 bridgehead atoms. The van der Waals surface area contributed by atoms with Gasteiger partial charge >= 0.3 is 5.97 Å². The van der Waals surface area contributed by atoms with Crippen molar-refractivity contribution in [2.24, 2.45) is 5.41 Å². The summed E-state index contributed by atoms with van der Waals surface area (Å²) < 4.78 is 18.8. The SMILES string of the molecule is Cc1cc(N)cc(C(=O)OCCC(C)(C)C)c1F. The lowest BCUT2D eigenvalue weighted by molar-refractivity contribution is 0.0459. The highest BCUT2D eigenvalue weighted by Crippen LogP contribution is 2.20. The van der Waals surface area contributed by atoms with E-state index in [4.69, 9.17) is 10.5 Å². The summed E-state index contributed by atoms with van der Waals surface area (Å²) in [5.74, 6) is -1.22. The van der Waals surface area contributed by atoms with Crippen LogP contribution in [0, 0.1) is 18.2 Å². The Labute approximate surface area is 107 Å². The maximum atomic E-state index is 13.7. The van der Waals surface area contributed by atoms with E-state index in [1.54, 1.807) is 6.92 Å². The summed E-state index contributed by atoms with van der Waals surface area (Å²) in [7, 11) is 0. The Balaban J connectivity index is 2.73. The third-order valence-electron chi connectivity index (χ3n) is 2.58. The van der Waals surface area contributed by atoms with Crippen LogP contribution < -0.4 is 5.73 Å². The Kier molecular flexibility index (Phi) is 4.33. The molecule has 0 saturated heterocycles. The van der Waals surface area contributed by atoms with Crippen LogP contribution in [0.3, 0.4) is 0 Å². The van der Waals surface area contributed by atoms with Gasteiger partial charge < -0.3 is 10.5 Å². The van der Waals surface area contributed by atoms with Crippen LogP contribution in [0.5, 0.6) is 0 Å². The van der Waals surface area contributed by atoms with Crippen LogP contribution in [-0.2, 0) is 4.74 Å². The minimum Gasteiger partial charge on any atom is -0.462 e. The number of carbonyl (C=O) groups excluding carboxylic acids is 1. The van der Waals surface area contributed by atoms with Crippen LogP contribution in [0.4, 0.5) is 10.1 Å². The largest absolute Gasteiger partial charge is 0.462 e. The molecule has 0 unspecified atom stereocenters. The number of hydrogen-bond acceptors (Lipinski definition) is 3. The Morgan fingerprint density at radius 2 is 2.00 bits per heavy atom. The average molecular weight is 253 g/mol. The molecule has 100 valence electrons. The summed E-state index contributed by atoms with van der Waals surface area (Å²) in [6.45, 7) is 7.98. The quantitative estimate of drug-likeness (QED) is 0.664. The molecule has 0 aliphatic rings. The number of carbonyl (C=O) groups is 1. The van der Waals surface area contributed by atoms with Crippen molar-refractivity contribution in [2.75, 3.05) is 12.3 Å². The van der Waals surface area contributed by atoms with Gasteiger partial charge in [0.2, 0.25) is 0 Å². The molecule has 18 heavy (non-hydrogen) atoms. The molecule has 0 heterocycles. The number of anilines is 1. The maximum Gasteiger partial charge on any atom is 0.341 e. The number of rotatable bonds is 3. The minimum atomic E-state index is -0.660. The fourth-order valence-electron chi connectivity index (χ4n) is 1.47. The van der Waals surface area contributed by atoms with E-state index in [1.807, 2.05) is 20.8 Å². The number of esters is 1. The van der Waals surface area contributed by atoms with Gasteiger partial charge in [-0.1, -0.05) is 20.8 Å². The fraction of sp³-hybridized carbons (Fsp3) is 0.500. The van der Waals surface area contributed by atoms with E-state index in [0.29, 0.717) is 11.3 Å². The summed E-state index contributed by atoms with van der Waals surface area (Å²) in [6.07, 6.45) is 0.724. The molecule has 0 aliphatic carbocycles. The predicted molar refractivity (Wildman–Crippen MR) is 69.9 cm³/mol. The number of aryl methyl sites for hydroxylation is 1. The van der Waals surface area contributed by atoms with E-state index in [-0.39, 0.29) is 17.6 Å². The van der Waals surface area contributed by atoms with Crippen LogP contribution in [0.1, 0.15) is 43.1 Å². The summed E-state index contributed by atoms with van der Waals surface area (Å²) in [4.78, 5) is 11.7. The van der Waals surface area contributed by atoms with Crippen molar-refractivity contribution in [2.45, 2.75) is 34.1 Å². The number of benzene rings is 1. The second-order valence-electron chi connectivity index (χ2n) is 5.65. The van der Waals surface area contributed by atoms with Crippen molar-refractivity contribution in [3.8, 4) is 0 Å². The normalized spacial score (nSPS) is 11.4. The lowest BCUT2D eigenvalue weighted by atomic mass is 9.93. The molecular formula is C14H20FNO2. The van der Waals surface area contributed by atoms with Gasteiger partial charge in [0.1, 0.15) is 5.82 Å². The average Bonchev–Trinajstić information content (AvgIpc) is 2.21. The third kappa shape index (κ3) is 4.02. The number of ether oxygens (including phenoxy) is 1. The molecular weight excluding hydrogens is 233 g/mol. The fourth-order valence-corrected chi connectivity index (χ4v) is 1.47. The maximum absolute atomic E-state index is 13.7. The van der Waals surface area contributed by atoms with Crippen LogP contribution >= 0.6 is 0 Å². The second-order valence-corrected chi connectivity index (χ2v) is 5.65. The van der Waals surface area contributed by atoms with Gasteiger partial charge in [0.05, 0.1) is 12.2 Å². The van der Waals surface area contributed by atoms with Gasteiger partial charge in [0.25, 0.3) is 0 Å². The Morgan fingerprint density at radius 1 is 1.39 bits per heavy atom. The topological polar surface area (TPSA) is 52.3 Å². The molecule has 0 amide bonds. The van der Waals surface area contributed by atoms with Crippen LogP contribution in [0.15, 0.2) is 12.1 Å². The molecule has 0 spiro atoms. The van der Waals surface area contributed by atoms with Crippen LogP contribution in [0.25, 0.3) is 0 Å². The zero-order chi connectivity index (χ0) is 13.9. The number of nitrogens with two attached hydrogens (primary N) is 1. The van der Waals surface area contributed by atoms with Gasteiger partial charge in [-0.2, -0.15) is 0 Å². The molecule has 1 aromatic carbocycles. The molecule has 0 aliphatic heterocycles. The molecule has 0 fully saturated rings. The van der Waals surface area contributed by atoms with E-state index in [1.165, 1.54) is 12.1 Å². The molecule has 0 radical (unpaired) electrons. The molecule has 1 aromatic rings. The van der Waals surface area contributed by atoms with E-state index in [9.17, 15) is 9.18 Å². The first-order valence-electron chi connectivity index (χ1n) is 5.93. The Hall–Kier alpha value is -1.58. The monoisotopic (exact) mass is 253 g/mol. The van der Waals surface area contributed by atoms with Crippen LogP contribution in [-0.4, -0.2) is 12.6 Å². The van der Waals surface area contributed by atoms with Crippen molar-refractivity contribution in [1.29, 1.82) is 0 Å². The van der Waals surface area contributed by atoms with Gasteiger partial charge in [0, 0.05) is 5.69 Å². The van der Waals surface area contributed by atoms with Gasteiger partial charge in [-0.3, -0.25) is 0 Å². The highest BCUT2D eigenvalue weighted by Gasteiger charge is 2.17. The van der Waals surface area contributed by atoms with Gasteiger partial charge in [-0.05, 0) is 36.5 Å². The standard InChI is InChI=1S/C14H20FNO2/c1-9-7-10(16)8-11(12(9)15)13(17)18-6-5-14(2,3)4/h7-8H,5-6,16H2,1-4H3. The van der Waals surface area contributed by atoms with E-state index < -0.39 is 11.8 Å². The van der Waals surface area contributed by atoms with Gasteiger partial charge in [0.15, 0.2) is 0 Å². The van der Waals surface area contributed by atoms with Crippen LogP contribution in [0.2, 0.25) is 0 Å². The number of nitrogen functional groups attached to an aromatic ring is 1. The first-order valence-corrected chi connectivity index (χ1v) is 5.93. The van der Waals surface area contributed by atoms with Crippen molar-refractivity contribution in [3.63, 3.8) is 0 Å². The van der Waals surface area contributed by atoms with E-state index >= 15 is 0 Å². The summed E-state index contributed by atoms with van der Waals surface area (Å²) in [5, 5.41) is 0. The molecule has 2 N–H and O–H groups in total. The lowest BCUT2D eigenvalue weighted by Crippen LogP contribution is -2.14. The van der Waals surface area contributed by atoms with Crippen molar-refractivity contribution in [1.82, 2.24) is 0 Å². The zero-order valence-corrected chi connectivity index (χ0v) is 11.3. The van der Waals surface area contributed by atoms with Gasteiger partial charge in [-0.25, -0.2) is 9.18 Å². The predicted octanol–water partition coefficient (Wildman–Crippen LogP) is 3.31. The molecule has 1 rings (SSSR count). The molecule has 3 nitrogen and oxygen atoms in total. The summed E-state index contributed by atoms with van der Waals surface area (Å²) >= 11 is 0. The van der Waals surface area contributed by atoms with Crippen molar-refractivity contribution >= 4 is 11.7 Å². The summed E-state index contributed by atoms with van der Waals surface area (Å²) in [5.41, 5.74) is 6.27. The minimum absolute atomic E-state index is 0.0739. The Morgan fingerprint density at radius 3 is 2.56 bits per heavy atom. The molecule has 4 heteroatoms. The first kappa shape index (κ1) is 14.5. The molecule has 0 aromatic heterocycles. The van der Waals surface area contributed by atoms with Crippen molar-refractivity contribution < 1.29 is 13.9 Å².